The summed E-state index contributed by atoms with van der Waals surface area (Å²) in [5.74, 6) is -1.19. The van der Waals surface area contributed by atoms with Gasteiger partial charge in [0.15, 0.2) is 0 Å². The molecule has 1 atom stereocenters. The number of rotatable bonds is 8. The highest BCUT2D eigenvalue weighted by Crippen LogP contribution is 2.36. The Morgan fingerprint density at radius 3 is 2.57 bits per heavy atom. The Balaban J connectivity index is 2.36. The smallest absolute Gasteiger partial charge is 0.350 e. The van der Waals surface area contributed by atoms with Crippen molar-refractivity contribution >= 4 is 45.1 Å². The standard InChI is InChI=1S/C19H25N3O5S/c1-6-11(2)17(24)21-15-13-8-7-12(9-22(3)10-14(23)26-4)20-18(13)28-16(15)19(25)27-5/h7-8,11H,6,9-10H2,1-5H3,(H,21,24). The average Bonchev–Trinajstić information content (AvgIpc) is 3.03. The van der Waals surface area contributed by atoms with Gasteiger partial charge in [-0.2, -0.15) is 0 Å². The molecule has 2 rings (SSSR count). The van der Waals surface area contributed by atoms with E-state index in [2.05, 4.69) is 15.0 Å². The monoisotopic (exact) mass is 407 g/mol. The van der Waals surface area contributed by atoms with Crippen molar-refractivity contribution in [2.75, 3.05) is 33.1 Å². The first-order valence-electron chi connectivity index (χ1n) is 8.87. The Hall–Kier alpha value is -2.52. The summed E-state index contributed by atoms with van der Waals surface area (Å²) in [6.07, 6.45) is 0.691. The number of amides is 1. The third-order valence-electron chi connectivity index (χ3n) is 4.35. The van der Waals surface area contributed by atoms with Gasteiger partial charge in [-0.15, -0.1) is 11.3 Å². The number of carbonyl (C=O) groups excluding carboxylic acids is 3. The minimum Gasteiger partial charge on any atom is -0.468 e. The maximum absolute atomic E-state index is 12.4. The van der Waals surface area contributed by atoms with Crippen LogP contribution in [0.5, 0.6) is 0 Å². The van der Waals surface area contributed by atoms with Crippen molar-refractivity contribution in [1.82, 2.24) is 9.88 Å². The summed E-state index contributed by atoms with van der Waals surface area (Å²) >= 11 is 1.17. The van der Waals surface area contributed by atoms with Gasteiger partial charge in [-0.05, 0) is 25.6 Å². The fourth-order valence-corrected chi connectivity index (χ4v) is 3.58. The van der Waals surface area contributed by atoms with Gasteiger partial charge in [0, 0.05) is 17.8 Å². The maximum atomic E-state index is 12.4. The highest BCUT2D eigenvalue weighted by Gasteiger charge is 2.23. The van der Waals surface area contributed by atoms with E-state index in [-0.39, 0.29) is 24.3 Å². The molecule has 1 N–H and O–H groups in total. The zero-order chi connectivity index (χ0) is 20.8. The number of likely N-dealkylation sites (N-methyl/N-ethyl adjacent to an activating group) is 1. The topological polar surface area (TPSA) is 97.8 Å². The molecule has 0 saturated carbocycles. The van der Waals surface area contributed by atoms with Crippen molar-refractivity contribution in [3.63, 3.8) is 0 Å². The second-order valence-corrected chi connectivity index (χ2v) is 7.50. The Morgan fingerprint density at radius 1 is 1.25 bits per heavy atom. The number of fused-ring (bicyclic) bond motifs is 1. The van der Waals surface area contributed by atoms with E-state index in [9.17, 15) is 14.4 Å². The van der Waals surface area contributed by atoms with Crippen LogP contribution in [0.15, 0.2) is 12.1 Å². The van der Waals surface area contributed by atoms with E-state index in [1.807, 2.05) is 26.0 Å². The first-order valence-corrected chi connectivity index (χ1v) is 9.69. The fraction of sp³-hybridized carbons (Fsp3) is 0.474. The van der Waals surface area contributed by atoms with Gasteiger partial charge in [-0.3, -0.25) is 14.5 Å². The molecule has 1 amide bonds. The second-order valence-electron chi connectivity index (χ2n) is 6.50. The van der Waals surface area contributed by atoms with Crippen molar-refractivity contribution < 1.29 is 23.9 Å². The average molecular weight is 407 g/mol. The quantitative estimate of drug-likeness (QED) is 0.672. The summed E-state index contributed by atoms with van der Waals surface area (Å²) in [6, 6.07) is 3.63. The van der Waals surface area contributed by atoms with Crippen LogP contribution in [-0.2, 0) is 25.6 Å². The van der Waals surface area contributed by atoms with E-state index in [1.165, 1.54) is 25.6 Å². The van der Waals surface area contributed by atoms with Crippen LogP contribution in [0.25, 0.3) is 10.2 Å². The zero-order valence-corrected chi connectivity index (χ0v) is 17.5. The molecule has 0 aliphatic heterocycles. The molecular formula is C19H25N3O5S. The van der Waals surface area contributed by atoms with Gasteiger partial charge in [0.1, 0.15) is 9.71 Å². The second kappa shape index (κ2) is 9.61. The molecule has 2 aromatic heterocycles. The van der Waals surface area contributed by atoms with E-state index in [0.717, 1.165) is 5.69 Å². The molecule has 1 unspecified atom stereocenters. The first-order chi connectivity index (χ1) is 13.3. The van der Waals surface area contributed by atoms with E-state index < -0.39 is 5.97 Å². The summed E-state index contributed by atoms with van der Waals surface area (Å²) < 4.78 is 9.52. The number of carbonyl (C=O) groups is 3. The van der Waals surface area contributed by atoms with Crippen LogP contribution in [-0.4, -0.2) is 55.5 Å². The molecule has 0 saturated heterocycles. The number of pyridine rings is 1. The third-order valence-corrected chi connectivity index (χ3v) is 5.43. The van der Waals surface area contributed by atoms with Gasteiger partial charge in [-0.1, -0.05) is 13.8 Å². The van der Waals surface area contributed by atoms with Crippen LogP contribution in [0.2, 0.25) is 0 Å². The summed E-state index contributed by atoms with van der Waals surface area (Å²) in [5, 5.41) is 3.53. The predicted molar refractivity (Wildman–Crippen MR) is 107 cm³/mol. The van der Waals surface area contributed by atoms with Crippen molar-refractivity contribution in [1.29, 1.82) is 0 Å². The van der Waals surface area contributed by atoms with Crippen molar-refractivity contribution in [2.45, 2.75) is 26.8 Å². The molecular weight excluding hydrogens is 382 g/mol. The summed E-state index contributed by atoms with van der Waals surface area (Å²) in [6.45, 7) is 4.33. The number of hydrogen-bond donors (Lipinski definition) is 1. The van der Waals surface area contributed by atoms with E-state index >= 15 is 0 Å². The number of thiophene rings is 1. The van der Waals surface area contributed by atoms with Crippen LogP contribution in [0, 0.1) is 5.92 Å². The highest BCUT2D eigenvalue weighted by atomic mass is 32.1. The summed E-state index contributed by atoms with van der Waals surface area (Å²) in [5.41, 5.74) is 1.16. The number of aromatic nitrogens is 1. The molecule has 0 aliphatic rings. The normalized spacial score (nSPS) is 12.1. The van der Waals surface area contributed by atoms with Crippen LogP contribution in [0.1, 0.15) is 35.6 Å². The fourth-order valence-electron chi connectivity index (χ4n) is 2.51. The SMILES string of the molecule is CCC(C)C(=O)Nc1c(C(=O)OC)sc2nc(CN(C)CC(=O)OC)ccc12. The van der Waals surface area contributed by atoms with Gasteiger partial charge in [-0.25, -0.2) is 9.78 Å². The lowest BCUT2D eigenvalue weighted by Crippen LogP contribution is -2.26. The van der Waals surface area contributed by atoms with E-state index in [1.54, 1.807) is 11.9 Å². The Bertz CT molecular complexity index is 880. The number of ether oxygens (including phenoxy) is 2. The highest BCUT2D eigenvalue weighted by molar-refractivity contribution is 7.21. The maximum Gasteiger partial charge on any atom is 0.350 e. The van der Waals surface area contributed by atoms with Crippen LogP contribution < -0.4 is 5.32 Å². The molecule has 152 valence electrons. The number of nitrogens with one attached hydrogen (secondary N) is 1. The van der Waals surface area contributed by atoms with Crippen molar-refractivity contribution in [3.8, 4) is 0 Å². The lowest BCUT2D eigenvalue weighted by atomic mass is 10.1. The Morgan fingerprint density at radius 2 is 1.96 bits per heavy atom. The summed E-state index contributed by atoms with van der Waals surface area (Å²) in [7, 11) is 4.43. The predicted octanol–water partition coefficient (Wildman–Crippen LogP) is 2.67. The molecule has 9 heteroatoms. The minimum absolute atomic E-state index is 0.143. The third kappa shape index (κ3) is 5.05. The number of nitrogens with zero attached hydrogens (tertiary/aromatic N) is 2. The molecule has 28 heavy (non-hydrogen) atoms. The minimum atomic E-state index is -0.521. The molecule has 0 radical (unpaired) electrons. The van der Waals surface area contributed by atoms with Gasteiger partial charge in [0.2, 0.25) is 5.91 Å². The van der Waals surface area contributed by atoms with E-state index in [0.29, 0.717) is 33.7 Å². The number of esters is 2. The van der Waals surface area contributed by atoms with Gasteiger partial charge >= 0.3 is 11.9 Å². The number of hydrogen-bond acceptors (Lipinski definition) is 8. The molecule has 2 aromatic rings. The molecule has 0 bridgehead atoms. The summed E-state index contributed by atoms with van der Waals surface area (Å²) in [4.78, 5) is 43.2. The Kier molecular flexibility index (Phi) is 7.47. The number of methoxy groups -OCH3 is 2. The first kappa shape index (κ1) is 21.8. The molecule has 0 fully saturated rings. The Labute approximate surface area is 167 Å². The van der Waals surface area contributed by atoms with Gasteiger partial charge in [0.25, 0.3) is 0 Å². The largest absolute Gasteiger partial charge is 0.468 e. The van der Waals surface area contributed by atoms with Crippen LogP contribution >= 0.6 is 11.3 Å². The van der Waals surface area contributed by atoms with Crippen LogP contribution in [0.4, 0.5) is 5.69 Å². The molecule has 8 nitrogen and oxygen atoms in total. The zero-order valence-electron chi connectivity index (χ0n) is 16.7. The molecule has 0 aliphatic carbocycles. The molecule has 2 heterocycles. The lowest BCUT2D eigenvalue weighted by molar-refractivity contribution is -0.141. The molecule has 0 aromatic carbocycles. The van der Waals surface area contributed by atoms with Crippen molar-refractivity contribution in [3.05, 3.63) is 22.7 Å². The number of anilines is 1. The van der Waals surface area contributed by atoms with E-state index in [4.69, 9.17) is 4.74 Å². The lowest BCUT2D eigenvalue weighted by Gasteiger charge is -2.14. The van der Waals surface area contributed by atoms with Gasteiger partial charge in [0.05, 0.1) is 32.1 Å². The van der Waals surface area contributed by atoms with Crippen LogP contribution in [0.3, 0.4) is 0 Å². The molecule has 0 spiro atoms. The van der Waals surface area contributed by atoms with Gasteiger partial charge < -0.3 is 14.8 Å². The van der Waals surface area contributed by atoms with Crippen molar-refractivity contribution in [2.24, 2.45) is 5.92 Å².